The van der Waals surface area contributed by atoms with Gasteiger partial charge in [-0.25, -0.2) is 4.79 Å². The van der Waals surface area contributed by atoms with Gasteiger partial charge in [-0.1, -0.05) is 0 Å². The smallest absolute Gasteiger partial charge is 0.335 e. The summed E-state index contributed by atoms with van der Waals surface area (Å²) < 4.78 is 11.9. The number of methoxy groups -OCH3 is 1. The molecular weight excluding hydrogens is 278 g/mol. The van der Waals surface area contributed by atoms with E-state index in [0.717, 1.165) is 0 Å². The molecule has 2 heterocycles. The van der Waals surface area contributed by atoms with Gasteiger partial charge in [0.15, 0.2) is 6.10 Å². The molecule has 116 valence electrons. The molecule has 0 aliphatic carbocycles. The fourth-order valence-electron chi connectivity index (χ4n) is 2.49. The van der Waals surface area contributed by atoms with Crippen LogP contribution in [0.25, 0.3) is 0 Å². The Bertz CT molecular complexity index is 516. The Balaban J connectivity index is 2.38. The number of carboxylic acids is 1. The zero-order chi connectivity index (χ0) is 15.4. The third-order valence-corrected chi connectivity index (χ3v) is 3.46. The predicted molar refractivity (Wildman–Crippen MR) is 71.6 cm³/mol. The van der Waals surface area contributed by atoms with Gasteiger partial charge in [0.05, 0.1) is 12.3 Å². The zero-order valence-corrected chi connectivity index (χ0v) is 12.1. The van der Waals surface area contributed by atoms with Gasteiger partial charge in [-0.15, -0.1) is 0 Å². The standard InChI is InChI=1S/C13H19N3O5/c1-3-16-9(4-5-14-16)11-12(13(18)19)21-8-10(17)15(11)6-7-20-2/h4-5,11-12H,3,6-8H2,1-2H3,(H,18,19). The number of aromatic nitrogens is 2. The average molecular weight is 297 g/mol. The molecule has 1 aliphatic heterocycles. The molecule has 0 bridgehead atoms. The van der Waals surface area contributed by atoms with Gasteiger partial charge in [-0.3, -0.25) is 9.48 Å². The van der Waals surface area contributed by atoms with Crippen molar-refractivity contribution in [2.24, 2.45) is 0 Å². The molecule has 0 aromatic carbocycles. The molecule has 2 unspecified atom stereocenters. The second-order valence-electron chi connectivity index (χ2n) is 4.67. The molecule has 8 heteroatoms. The van der Waals surface area contributed by atoms with Crippen LogP contribution in [-0.2, 0) is 25.6 Å². The minimum Gasteiger partial charge on any atom is -0.479 e. The first-order valence-electron chi connectivity index (χ1n) is 6.74. The molecule has 1 aromatic heterocycles. The first kappa shape index (κ1) is 15.5. The number of amides is 1. The molecule has 1 aromatic rings. The van der Waals surface area contributed by atoms with Gasteiger partial charge in [0.2, 0.25) is 5.91 Å². The number of carbonyl (C=O) groups excluding carboxylic acids is 1. The number of rotatable bonds is 6. The summed E-state index contributed by atoms with van der Waals surface area (Å²) in [6.45, 7) is 2.88. The number of hydrogen-bond donors (Lipinski definition) is 1. The van der Waals surface area contributed by atoms with Crippen LogP contribution < -0.4 is 0 Å². The van der Waals surface area contributed by atoms with Gasteiger partial charge in [0.1, 0.15) is 12.6 Å². The van der Waals surface area contributed by atoms with Gasteiger partial charge in [-0.2, -0.15) is 5.10 Å². The monoisotopic (exact) mass is 297 g/mol. The maximum Gasteiger partial charge on any atom is 0.335 e. The molecule has 0 saturated carbocycles. The van der Waals surface area contributed by atoms with Crippen LogP contribution in [-0.4, -0.2) is 64.6 Å². The van der Waals surface area contributed by atoms with E-state index in [9.17, 15) is 14.7 Å². The molecule has 2 rings (SSSR count). The first-order valence-corrected chi connectivity index (χ1v) is 6.74. The van der Waals surface area contributed by atoms with Crippen LogP contribution in [0.15, 0.2) is 12.3 Å². The lowest BCUT2D eigenvalue weighted by Crippen LogP contribution is -2.53. The van der Waals surface area contributed by atoms with Crippen molar-refractivity contribution in [2.75, 3.05) is 26.9 Å². The summed E-state index contributed by atoms with van der Waals surface area (Å²) in [5.74, 6) is -1.35. The van der Waals surface area contributed by atoms with Crippen LogP contribution in [0, 0.1) is 0 Å². The Morgan fingerprint density at radius 1 is 1.62 bits per heavy atom. The molecule has 1 amide bonds. The molecule has 8 nitrogen and oxygen atoms in total. The number of ether oxygens (including phenoxy) is 2. The van der Waals surface area contributed by atoms with Crippen molar-refractivity contribution in [3.63, 3.8) is 0 Å². The summed E-state index contributed by atoms with van der Waals surface area (Å²) in [5, 5.41) is 13.5. The third-order valence-electron chi connectivity index (χ3n) is 3.46. The molecule has 1 aliphatic rings. The Hall–Kier alpha value is -1.93. The summed E-state index contributed by atoms with van der Waals surface area (Å²) in [5.41, 5.74) is 0.647. The summed E-state index contributed by atoms with van der Waals surface area (Å²) >= 11 is 0. The largest absolute Gasteiger partial charge is 0.479 e. The van der Waals surface area contributed by atoms with Crippen LogP contribution in [0.5, 0.6) is 0 Å². The minimum atomic E-state index is -1.11. The molecular formula is C13H19N3O5. The maximum atomic E-state index is 12.1. The van der Waals surface area contributed by atoms with E-state index >= 15 is 0 Å². The lowest BCUT2D eigenvalue weighted by Gasteiger charge is -2.39. The van der Waals surface area contributed by atoms with Gasteiger partial charge in [0, 0.05) is 26.4 Å². The van der Waals surface area contributed by atoms with Crippen molar-refractivity contribution < 1.29 is 24.2 Å². The Morgan fingerprint density at radius 3 is 3.00 bits per heavy atom. The number of aliphatic carboxylic acids is 1. The summed E-state index contributed by atoms with van der Waals surface area (Å²) in [6.07, 6.45) is 0.479. The quantitative estimate of drug-likeness (QED) is 0.788. The number of carboxylic acid groups (broad SMARTS) is 1. The Morgan fingerprint density at radius 2 is 2.38 bits per heavy atom. The van der Waals surface area contributed by atoms with Crippen molar-refractivity contribution in [3.05, 3.63) is 18.0 Å². The lowest BCUT2D eigenvalue weighted by molar-refractivity contribution is -0.174. The third kappa shape index (κ3) is 3.06. The lowest BCUT2D eigenvalue weighted by atomic mass is 10.0. The van der Waals surface area contributed by atoms with Crippen LogP contribution in [0.2, 0.25) is 0 Å². The van der Waals surface area contributed by atoms with E-state index in [4.69, 9.17) is 9.47 Å². The molecule has 0 spiro atoms. The summed E-state index contributed by atoms with van der Waals surface area (Å²) in [4.78, 5) is 25.1. The predicted octanol–water partition coefficient (Wildman–Crippen LogP) is -0.0975. The molecule has 0 radical (unpaired) electrons. The summed E-state index contributed by atoms with van der Waals surface area (Å²) in [6, 6.07) is 1.01. The number of carbonyl (C=O) groups is 2. The van der Waals surface area contributed by atoms with Crippen molar-refractivity contribution >= 4 is 11.9 Å². The van der Waals surface area contributed by atoms with E-state index in [-0.39, 0.29) is 12.5 Å². The normalized spacial score (nSPS) is 22.6. The average Bonchev–Trinajstić information content (AvgIpc) is 2.93. The van der Waals surface area contributed by atoms with Gasteiger partial charge < -0.3 is 19.5 Å². The van der Waals surface area contributed by atoms with Crippen LogP contribution in [0.1, 0.15) is 18.7 Å². The number of hydrogen-bond acceptors (Lipinski definition) is 5. The zero-order valence-electron chi connectivity index (χ0n) is 12.1. The van der Waals surface area contributed by atoms with Crippen molar-refractivity contribution in [1.29, 1.82) is 0 Å². The topological polar surface area (TPSA) is 93.9 Å². The van der Waals surface area contributed by atoms with Gasteiger partial charge in [-0.05, 0) is 13.0 Å². The van der Waals surface area contributed by atoms with Gasteiger partial charge in [0.25, 0.3) is 0 Å². The van der Waals surface area contributed by atoms with E-state index in [1.165, 1.54) is 12.0 Å². The highest BCUT2D eigenvalue weighted by molar-refractivity contribution is 5.82. The van der Waals surface area contributed by atoms with Crippen LogP contribution in [0.3, 0.4) is 0 Å². The van der Waals surface area contributed by atoms with Crippen molar-refractivity contribution in [2.45, 2.75) is 25.6 Å². The fraction of sp³-hybridized carbons (Fsp3) is 0.615. The molecule has 1 N–H and O–H groups in total. The first-order chi connectivity index (χ1) is 10.1. The SMILES string of the molecule is CCn1nccc1C1C(C(=O)O)OCC(=O)N1CCOC. The summed E-state index contributed by atoms with van der Waals surface area (Å²) in [7, 11) is 1.53. The second kappa shape index (κ2) is 6.68. The maximum absolute atomic E-state index is 12.1. The van der Waals surface area contributed by atoms with E-state index in [0.29, 0.717) is 25.4 Å². The number of morpholine rings is 1. The van der Waals surface area contributed by atoms with Crippen molar-refractivity contribution in [1.82, 2.24) is 14.7 Å². The number of aryl methyl sites for hydroxylation is 1. The van der Waals surface area contributed by atoms with E-state index in [1.807, 2.05) is 6.92 Å². The molecule has 1 fully saturated rings. The van der Waals surface area contributed by atoms with Crippen LogP contribution in [0.4, 0.5) is 0 Å². The highest BCUT2D eigenvalue weighted by atomic mass is 16.5. The molecule has 21 heavy (non-hydrogen) atoms. The van der Waals surface area contributed by atoms with E-state index in [1.54, 1.807) is 16.9 Å². The van der Waals surface area contributed by atoms with Crippen molar-refractivity contribution in [3.8, 4) is 0 Å². The Labute approximate surface area is 122 Å². The number of nitrogens with zero attached hydrogens (tertiary/aromatic N) is 3. The molecule has 1 saturated heterocycles. The Kier molecular flexibility index (Phi) is 4.92. The fourth-order valence-corrected chi connectivity index (χ4v) is 2.49. The minimum absolute atomic E-state index is 0.239. The van der Waals surface area contributed by atoms with Crippen LogP contribution >= 0.6 is 0 Å². The highest BCUT2D eigenvalue weighted by Gasteiger charge is 2.43. The second-order valence-corrected chi connectivity index (χ2v) is 4.67. The van der Waals surface area contributed by atoms with E-state index in [2.05, 4.69) is 5.10 Å². The van der Waals surface area contributed by atoms with E-state index < -0.39 is 18.1 Å². The highest BCUT2D eigenvalue weighted by Crippen LogP contribution is 2.30. The van der Waals surface area contributed by atoms with Gasteiger partial charge >= 0.3 is 5.97 Å². The molecule has 2 atom stereocenters.